The molecule has 1 aliphatic heterocycles. The van der Waals surface area contributed by atoms with Gasteiger partial charge in [0.15, 0.2) is 0 Å². The molecular weight excluding hydrogens is 190 g/mol. The number of likely N-dealkylation sites (tertiary alicyclic amines) is 1. The Morgan fingerprint density at radius 1 is 1.40 bits per heavy atom. The van der Waals surface area contributed by atoms with Gasteiger partial charge in [0.2, 0.25) is 0 Å². The van der Waals surface area contributed by atoms with Crippen LogP contribution in [0.2, 0.25) is 0 Å². The molecule has 0 N–H and O–H groups in total. The minimum atomic E-state index is 0.855. The predicted molar refractivity (Wildman–Crippen MR) is 48.4 cm³/mol. The van der Waals surface area contributed by atoms with Crippen molar-refractivity contribution < 1.29 is 4.48 Å². The van der Waals surface area contributed by atoms with Crippen molar-refractivity contribution in [2.45, 2.75) is 25.3 Å². The average Bonchev–Trinajstić information content (AvgIpc) is 1.87. The summed E-state index contributed by atoms with van der Waals surface area (Å²) in [7, 11) is 4.68. The smallest absolute Gasteiger partial charge is 0.0984 e. The Kier molecular flexibility index (Phi) is 2.75. The van der Waals surface area contributed by atoms with Crippen molar-refractivity contribution in [2.75, 3.05) is 26.0 Å². The van der Waals surface area contributed by atoms with Crippen LogP contribution in [0.4, 0.5) is 0 Å². The number of alkyl halides is 1. The van der Waals surface area contributed by atoms with Gasteiger partial charge in [-0.1, -0.05) is 15.9 Å². The Morgan fingerprint density at radius 2 is 2.10 bits per heavy atom. The van der Waals surface area contributed by atoms with Crippen LogP contribution >= 0.6 is 15.9 Å². The topological polar surface area (TPSA) is 0 Å². The van der Waals surface area contributed by atoms with Gasteiger partial charge in [0.1, 0.15) is 0 Å². The van der Waals surface area contributed by atoms with Crippen LogP contribution in [0.5, 0.6) is 0 Å². The summed E-state index contributed by atoms with van der Waals surface area (Å²) in [4.78, 5) is 0. The molecule has 0 aliphatic carbocycles. The third-order valence-corrected chi connectivity index (χ3v) is 3.44. The molecule has 1 rings (SSSR count). The highest BCUT2D eigenvalue weighted by Gasteiger charge is 2.29. The summed E-state index contributed by atoms with van der Waals surface area (Å²) in [6.07, 6.45) is 4.24. The van der Waals surface area contributed by atoms with Crippen molar-refractivity contribution >= 4 is 15.9 Å². The second kappa shape index (κ2) is 3.22. The van der Waals surface area contributed by atoms with Crippen molar-refractivity contribution in [3.8, 4) is 0 Å². The fourth-order valence-corrected chi connectivity index (χ4v) is 2.80. The van der Waals surface area contributed by atoms with Crippen molar-refractivity contribution in [3.05, 3.63) is 0 Å². The van der Waals surface area contributed by atoms with Gasteiger partial charge in [-0.05, 0) is 12.8 Å². The molecule has 0 saturated carbocycles. The second-order valence-corrected chi connectivity index (χ2v) is 4.45. The molecule has 0 aromatic carbocycles. The summed E-state index contributed by atoms with van der Waals surface area (Å²) in [5.41, 5.74) is 0. The average molecular weight is 207 g/mol. The van der Waals surface area contributed by atoms with E-state index < -0.39 is 0 Å². The molecule has 0 bridgehead atoms. The Bertz CT molecular complexity index is 112. The first-order valence-corrected chi connectivity index (χ1v) is 5.17. The molecule has 1 nitrogen and oxygen atoms in total. The number of hydrogen-bond acceptors (Lipinski definition) is 0. The van der Waals surface area contributed by atoms with E-state index in [0.717, 1.165) is 6.04 Å². The van der Waals surface area contributed by atoms with Gasteiger partial charge in [0.05, 0.1) is 32.0 Å². The molecule has 0 aromatic rings. The largest absolute Gasteiger partial charge is 0.325 e. The number of piperidine rings is 1. The highest BCUT2D eigenvalue weighted by atomic mass is 79.9. The molecule has 60 valence electrons. The van der Waals surface area contributed by atoms with E-state index in [2.05, 4.69) is 30.0 Å². The summed E-state index contributed by atoms with van der Waals surface area (Å²) in [5, 5.41) is 1.17. The van der Waals surface area contributed by atoms with Crippen LogP contribution in [0.1, 0.15) is 19.3 Å². The van der Waals surface area contributed by atoms with Gasteiger partial charge in [-0.25, -0.2) is 0 Å². The first kappa shape index (κ1) is 8.54. The van der Waals surface area contributed by atoms with E-state index in [-0.39, 0.29) is 0 Å². The van der Waals surface area contributed by atoms with Crippen LogP contribution in [0.25, 0.3) is 0 Å². The third-order valence-electron chi connectivity index (χ3n) is 2.69. The van der Waals surface area contributed by atoms with Gasteiger partial charge >= 0.3 is 0 Å². The van der Waals surface area contributed by atoms with Crippen LogP contribution < -0.4 is 0 Å². The summed E-state index contributed by atoms with van der Waals surface area (Å²) in [6, 6.07) is 0.855. The molecule has 2 heteroatoms. The SMILES string of the molecule is C[N+]1(C)CCCC[C@@H]1CBr. The number of quaternary nitrogens is 1. The molecule has 1 atom stereocenters. The van der Waals surface area contributed by atoms with Gasteiger partial charge in [0, 0.05) is 6.42 Å². The molecule has 1 saturated heterocycles. The Morgan fingerprint density at radius 3 is 2.50 bits per heavy atom. The Hall–Kier alpha value is 0.440. The van der Waals surface area contributed by atoms with E-state index in [1.807, 2.05) is 0 Å². The van der Waals surface area contributed by atoms with Gasteiger partial charge in [-0.3, -0.25) is 0 Å². The van der Waals surface area contributed by atoms with Crippen LogP contribution in [-0.4, -0.2) is 36.5 Å². The molecule has 0 amide bonds. The number of rotatable bonds is 1. The first-order chi connectivity index (χ1) is 4.67. The summed E-state index contributed by atoms with van der Waals surface area (Å²) >= 11 is 3.57. The quantitative estimate of drug-likeness (QED) is 0.455. The molecule has 0 radical (unpaired) electrons. The van der Waals surface area contributed by atoms with Crippen molar-refractivity contribution in [3.63, 3.8) is 0 Å². The summed E-state index contributed by atoms with van der Waals surface area (Å²) < 4.78 is 1.21. The maximum atomic E-state index is 3.57. The molecule has 1 aliphatic rings. The second-order valence-electron chi connectivity index (χ2n) is 3.81. The predicted octanol–water partition coefficient (Wildman–Crippen LogP) is 2.01. The first-order valence-electron chi connectivity index (χ1n) is 4.05. The van der Waals surface area contributed by atoms with Gasteiger partial charge in [0.25, 0.3) is 0 Å². The molecule has 1 heterocycles. The normalized spacial score (nSPS) is 32.1. The summed E-state index contributed by atoms with van der Waals surface area (Å²) in [5.74, 6) is 0. The van der Waals surface area contributed by atoms with Crippen LogP contribution in [0, 0.1) is 0 Å². The Labute approximate surface area is 72.1 Å². The van der Waals surface area contributed by atoms with Gasteiger partial charge in [-0.2, -0.15) is 0 Å². The zero-order valence-corrected chi connectivity index (χ0v) is 8.52. The summed E-state index contributed by atoms with van der Waals surface area (Å²) in [6.45, 7) is 1.36. The number of nitrogens with zero attached hydrogens (tertiary/aromatic N) is 1. The number of halogens is 1. The number of hydrogen-bond donors (Lipinski definition) is 0. The lowest BCUT2D eigenvalue weighted by atomic mass is 10.0. The van der Waals surface area contributed by atoms with E-state index in [1.165, 1.54) is 35.6 Å². The van der Waals surface area contributed by atoms with E-state index in [1.54, 1.807) is 0 Å². The fourth-order valence-electron chi connectivity index (χ4n) is 1.70. The van der Waals surface area contributed by atoms with Crippen molar-refractivity contribution in [1.29, 1.82) is 0 Å². The van der Waals surface area contributed by atoms with Gasteiger partial charge in [-0.15, -0.1) is 0 Å². The lowest BCUT2D eigenvalue weighted by Crippen LogP contribution is -2.52. The highest BCUT2D eigenvalue weighted by Crippen LogP contribution is 2.22. The minimum absolute atomic E-state index is 0.855. The molecular formula is C8H17BrN+. The fraction of sp³-hybridized carbons (Fsp3) is 1.00. The maximum absolute atomic E-state index is 3.57. The van der Waals surface area contributed by atoms with E-state index in [0.29, 0.717) is 0 Å². The molecule has 0 spiro atoms. The van der Waals surface area contributed by atoms with E-state index >= 15 is 0 Å². The maximum Gasteiger partial charge on any atom is 0.0984 e. The lowest BCUT2D eigenvalue weighted by Gasteiger charge is -2.40. The molecule has 10 heavy (non-hydrogen) atoms. The zero-order chi connectivity index (χ0) is 7.61. The Balaban J connectivity index is 2.51. The minimum Gasteiger partial charge on any atom is -0.325 e. The third kappa shape index (κ3) is 1.73. The highest BCUT2D eigenvalue weighted by molar-refractivity contribution is 9.09. The van der Waals surface area contributed by atoms with Crippen molar-refractivity contribution in [1.82, 2.24) is 0 Å². The zero-order valence-electron chi connectivity index (χ0n) is 6.94. The van der Waals surface area contributed by atoms with Crippen LogP contribution in [-0.2, 0) is 0 Å². The van der Waals surface area contributed by atoms with Crippen LogP contribution in [0.15, 0.2) is 0 Å². The van der Waals surface area contributed by atoms with E-state index in [4.69, 9.17) is 0 Å². The molecule has 1 fully saturated rings. The van der Waals surface area contributed by atoms with Gasteiger partial charge < -0.3 is 4.48 Å². The lowest BCUT2D eigenvalue weighted by molar-refractivity contribution is -0.917. The molecule has 0 unspecified atom stereocenters. The standard InChI is InChI=1S/C8H17BrN/c1-10(2)6-4-3-5-8(10)7-9/h8H,3-7H2,1-2H3/q+1/t8-/m1/s1. The van der Waals surface area contributed by atoms with E-state index in [9.17, 15) is 0 Å². The molecule has 0 aromatic heterocycles. The van der Waals surface area contributed by atoms with Crippen molar-refractivity contribution in [2.24, 2.45) is 0 Å². The van der Waals surface area contributed by atoms with Crippen LogP contribution in [0.3, 0.4) is 0 Å². The monoisotopic (exact) mass is 206 g/mol.